The summed E-state index contributed by atoms with van der Waals surface area (Å²) in [5.41, 5.74) is 0.348. The molecule has 2 aromatic carbocycles. The molecule has 1 atom stereocenters. The summed E-state index contributed by atoms with van der Waals surface area (Å²) in [6.45, 7) is 9.63. The molecular weight excluding hydrogens is 508 g/mol. The normalized spacial score (nSPS) is 11.9. The van der Waals surface area contributed by atoms with Crippen LogP contribution in [0.4, 0.5) is 11.5 Å². The maximum atomic E-state index is 13.8. The maximum Gasteiger partial charge on any atom is 0.248 e. The highest BCUT2D eigenvalue weighted by atomic mass is 35.5. The molecule has 3 aromatic rings. The Morgan fingerprint density at radius 2 is 1.76 bits per heavy atom. The van der Waals surface area contributed by atoms with Crippen LogP contribution in [0.2, 0.25) is 5.02 Å². The second-order valence-corrected chi connectivity index (χ2v) is 10.1. The lowest BCUT2D eigenvalue weighted by Gasteiger charge is -2.34. The van der Waals surface area contributed by atoms with Crippen LogP contribution in [-0.2, 0) is 14.4 Å². The van der Waals surface area contributed by atoms with Crippen LogP contribution < -0.4 is 20.3 Å². The predicted octanol–water partition coefficient (Wildman–Crippen LogP) is 5.44. The number of hydrogen-bond acceptors (Lipinski definition) is 6. The van der Waals surface area contributed by atoms with Gasteiger partial charge >= 0.3 is 0 Å². The predicted molar refractivity (Wildman–Crippen MR) is 146 cm³/mol. The van der Waals surface area contributed by atoms with Crippen molar-refractivity contribution in [1.82, 2.24) is 10.5 Å². The molecule has 0 aliphatic carbocycles. The number of halogens is 1. The summed E-state index contributed by atoms with van der Waals surface area (Å²) < 4.78 is 10.5. The van der Waals surface area contributed by atoms with Crippen LogP contribution in [0.5, 0.6) is 5.75 Å². The lowest BCUT2D eigenvalue weighted by Crippen LogP contribution is -2.49. The van der Waals surface area contributed by atoms with E-state index < -0.39 is 29.3 Å². The first-order valence-electron chi connectivity index (χ1n) is 12.3. The molecule has 1 aromatic heterocycles. The Labute approximate surface area is 227 Å². The molecule has 3 rings (SSSR count). The number of amides is 3. The van der Waals surface area contributed by atoms with E-state index in [1.54, 1.807) is 61.5 Å². The van der Waals surface area contributed by atoms with Crippen LogP contribution in [0.3, 0.4) is 0 Å². The monoisotopic (exact) mass is 540 g/mol. The molecule has 0 radical (unpaired) electrons. The van der Waals surface area contributed by atoms with Crippen molar-refractivity contribution in [3.63, 3.8) is 0 Å². The van der Waals surface area contributed by atoms with Gasteiger partial charge in [-0.25, -0.2) is 0 Å². The Morgan fingerprint density at radius 1 is 1.08 bits per heavy atom. The van der Waals surface area contributed by atoms with Gasteiger partial charge in [-0.3, -0.25) is 19.3 Å². The molecule has 1 heterocycles. The van der Waals surface area contributed by atoms with Gasteiger partial charge < -0.3 is 19.9 Å². The van der Waals surface area contributed by atoms with Crippen LogP contribution in [-0.4, -0.2) is 35.0 Å². The number of carbonyl (C=O) groups excluding carboxylic acids is 3. The van der Waals surface area contributed by atoms with Crippen LogP contribution in [0.1, 0.15) is 57.9 Å². The molecule has 0 aliphatic heterocycles. The van der Waals surface area contributed by atoms with Gasteiger partial charge in [0.15, 0.2) is 5.82 Å². The summed E-state index contributed by atoms with van der Waals surface area (Å²) in [5, 5.41) is 9.66. The smallest absolute Gasteiger partial charge is 0.248 e. The zero-order valence-corrected chi connectivity index (χ0v) is 23.0. The minimum Gasteiger partial charge on any atom is -0.494 e. The zero-order chi connectivity index (χ0) is 27.9. The summed E-state index contributed by atoms with van der Waals surface area (Å²) in [4.78, 5) is 41.4. The fourth-order valence-electron chi connectivity index (χ4n) is 3.81. The molecule has 0 bridgehead atoms. The van der Waals surface area contributed by atoms with Gasteiger partial charge in [-0.05, 0) is 65.0 Å². The third kappa shape index (κ3) is 7.82. The lowest BCUT2D eigenvalue weighted by molar-refractivity contribution is -0.128. The van der Waals surface area contributed by atoms with Crippen molar-refractivity contribution in [3.8, 4) is 5.75 Å². The molecule has 0 aliphatic rings. The van der Waals surface area contributed by atoms with E-state index in [4.69, 9.17) is 20.9 Å². The number of anilines is 2. The van der Waals surface area contributed by atoms with Crippen LogP contribution in [0.25, 0.3) is 0 Å². The number of nitrogens with zero attached hydrogens (tertiary/aromatic N) is 2. The van der Waals surface area contributed by atoms with E-state index in [0.29, 0.717) is 34.4 Å². The van der Waals surface area contributed by atoms with E-state index in [1.807, 2.05) is 27.7 Å². The highest BCUT2D eigenvalue weighted by Crippen LogP contribution is 2.34. The number of rotatable bonds is 10. The molecule has 0 saturated heterocycles. The average molecular weight is 541 g/mol. The highest BCUT2D eigenvalue weighted by Gasteiger charge is 2.35. The quantitative estimate of drug-likeness (QED) is 0.354. The molecule has 0 fully saturated rings. The standard InChI is InChI=1S/C28H33ClN4O5/c1-6-37-20-13-11-19(12-14-20)33(25(35)16-15-24(34)30-23-17-18(2)38-32-23)26(27(36)31-28(3,4)5)21-9-7-8-10-22(21)29/h7-14,17,26H,6,15-16H2,1-5H3,(H,31,36)(H,30,32,34)/t26-/m0/s1. The molecule has 10 heteroatoms. The first-order valence-corrected chi connectivity index (χ1v) is 12.7. The summed E-state index contributed by atoms with van der Waals surface area (Å²) in [5.74, 6) is 0.184. The molecular formula is C28H33ClN4O5. The molecule has 202 valence electrons. The van der Waals surface area contributed by atoms with Gasteiger partial charge in [-0.1, -0.05) is 35.0 Å². The Hall–Kier alpha value is -3.85. The van der Waals surface area contributed by atoms with E-state index in [9.17, 15) is 14.4 Å². The first kappa shape index (κ1) is 28.7. The third-order valence-corrected chi connectivity index (χ3v) is 5.70. The van der Waals surface area contributed by atoms with E-state index in [-0.39, 0.29) is 18.7 Å². The summed E-state index contributed by atoms with van der Waals surface area (Å²) in [6, 6.07) is 14.2. The second kappa shape index (κ2) is 12.6. The van der Waals surface area contributed by atoms with Gasteiger partial charge in [0.1, 0.15) is 17.6 Å². The van der Waals surface area contributed by atoms with E-state index in [1.165, 1.54) is 4.90 Å². The molecule has 0 saturated carbocycles. The van der Waals surface area contributed by atoms with Crippen molar-refractivity contribution in [2.45, 2.75) is 59.0 Å². The first-order chi connectivity index (χ1) is 18.0. The number of hydrogen-bond donors (Lipinski definition) is 2. The van der Waals surface area contributed by atoms with Crippen molar-refractivity contribution >= 4 is 40.8 Å². The van der Waals surface area contributed by atoms with Gasteiger partial charge in [0.25, 0.3) is 0 Å². The average Bonchev–Trinajstić information content (AvgIpc) is 3.25. The van der Waals surface area contributed by atoms with Crippen molar-refractivity contribution in [3.05, 3.63) is 70.9 Å². The van der Waals surface area contributed by atoms with Gasteiger partial charge in [0.05, 0.1) is 6.61 Å². The fraction of sp³-hybridized carbons (Fsp3) is 0.357. The van der Waals surface area contributed by atoms with E-state index in [2.05, 4.69) is 15.8 Å². The van der Waals surface area contributed by atoms with Gasteiger partial charge in [0.2, 0.25) is 17.7 Å². The Kier molecular flexibility index (Phi) is 9.52. The van der Waals surface area contributed by atoms with Gasteiger partial charge in [0, 0.05) is 40.7 Å². The summed E-state index contributed by atoms with van der Waals surface area (Å²) >= 11 is 6.54. The lowest BCUT2D eigenvalue weighted by atomic mass is 10.00. The SMILES string of the molecule is CCOc1ccc(N(C(=O)CCC(=O)Nc2cc(C)on2)[C@H](C(=O)NC(C)(C)C)c2ccccc2Cl)cc1. The number of carbonyl (C=O) groups is 3. The summed E-state index contributed by atoms with van der Waals surface area (Å²) in [6.07, 6.45) is -0.298. The van der Waals surface area contributed by atoms with Crippen LogP contribution >= 0.6 is 11.6 Å². The molecule has 38 heavy (non-hydrogen) atoms. The molecule has 9 nitrogen and oxygen atoms in total. The highest BCUT2D eigenvalue weighted by molar-refractivity contribution is 6.31. The number of nitrogens with one attached hydrogen (secondary N) is 2. The largest absolute Gasteiger partial charge is 0.494 e. The Balaban J connectivity index is 1.98. The number of aryl methyl sites for hydroxylation is 1. The molecule has 0 unspecified atom stereocenters. The minimum absolute atomic E-state index is 0.131. The fourth-order valence-corrected chi connectivity index (χ4v) is 4.05. The van der Waals surface area contributed by atoms with Crippen molar-refractivity contribution in [2.75, 3.05) is 16.8 Å². The minimum atomic E-state index is -1.09. The zero-order valence-electron chi connectivity index (χ0n) is 22.2. The molecule has 0 spiro atoms. The third-order valence-electron chi connectivity index (χ3n) is 5.36. The Bertz CT molecular complexity index is 1270. The Morgan fingerprint density at radius 3 is 2.34 bits per heavy atom. The summed E-state index contributed by atoms with van der Waals surface area (Å²) in [7, 11) is 0. The maximum absolute atomic E-state index is 13.8. The second-order valence-electron chi connectivity index (χ2n) is 9.72. The van der Waals surface area contributed by atoms with Crippen molar-refractivity contribution in [2.24, 2.45) is 0 Å². The van der Waals surface area contributed by atoms with E-state index in [0.717, 1.165) is 0 Å². The van der Waals surface area contributed by atoms with Crippen LogP contribution in [0.15, 0.2) is 59.1 Å². The van der Waals surface area contributed by atoms with Crippen molar-refractivity contribution in [1.29, 1.82) is 0 Å². The van der Waals surface area contributed by atoms with Gasteiger partial charge in [-0.15, -0.1) is 0 Å². The number of aromatic nitrogens is 1. The topological polar surface area (TPSA) is 114 Å². The molecule has 2 N–H and O–H groups in total. The molecule has 3 amide bonds. The number of ether oxygens (including phenoxy) is 1. The van der Waals surface area contributed by atoms with Crippen LogP contribution in [0, 0.1) is 6.92 Å². The van der Waals surface area contributed by atoms with Crippen molar-refractivity contribution < 1.29 is 23.6 Å². The van der Waals surface area contributed by atoms with Gasteiger partial charge in [-0.2, -0.15) is 0 Å². The number of benzene rings is 2. The van der Waals surface area contributed by atoms with E-state index >= 15 is 0 Å².